The van der Waals surface area contributed by atoms with E-state index in [-0.39, 0.29) is 21.5 Å². The van der Waals surface area contributed by atoms with Gasteiger partial charge in [-0.1, -0.05) is 23.2 Å². The SMILES string of the molecule is O=S(=O)(Nc1cc(Cl)cc(Cl)c1)c1ccc(NC(=S)Nc2ccc(F)cc2)cc1. The number of anilines is 3. The average Bonchev–Trinajstić information content (AvgIpc) is 2.63. The number of benzene rings is 3. The summed E-state index contributed by atoms with van der Waals surface area (Å²) in [6, 6.07) is 16.1. The van der Waals surface area contributed by atoms with Gasteiger partial charge in [0.15, 0.2) is 5.11 Å². The highest BCUT2D eigenvalue weighted by Crippen LogP contribution is 2.25. The van der Waals surface area contributed by atoms with Gasteiger partial charge in [0.2, 0.25) is 0 Å². The van der Waals surface area contributed by atoms with Gasteiger partial charge in [-0.15, -0.1) is 0 Å². The van der Waals surface area contributed by atoms with Gasteiger partial charge in [-0.25, -0.2) is 12.8 Å². The molecule has 0 amide bonds. The summed E-state index contributed by atoms with van der Waals surface area (Å²) in [7, 11) is -3.82. The molecule has 0 aliphatic heterocycles. The predicted octanol–water partition coefficient (Wildman–Crippen LogP) is 5.74. The fourth-order valence-electron chi connectivity index (χ4n) is 2.37. The van der Waals surface area contributed by atoms with Crippen molar-refractivity contribution in [3.05, 3.63) is 82.6 Å². The van der Waals surface area contributed by atoms with Crippen molar-refractivity contribution in [1.82, 2.24) is 0 Å². The van der Waals surface area contributed by atoms with E-state index in [1.54, 1.807) is 24.3 Å². The molecule has 3 N–H and O–H groups in total. The molecular weight excluding hydrogens is 456 g/mol. The standard InChI is InChI=1S/C19H14Cl2FN3O2S2/c20-12-9-13(21)11-17(10-12)25-29(26,27)18-7-5-16(6-8-18)24-19(28)23-15-3-1-14(22)2-4-15/h1-11,25H,(H2,23,24,28). The summed E-state index contributed by atoms with van der Waals surface area (Å²) in [4.78, 5) is 0.0524. The van der Waals surface area contributed by atoms with Crippen LogP contribution in [0.25, 0.3) is 0 Å². The molecule has 3 aromatic rings. The van der Waals surface area contributed by atoms with Crippen molar-refractivity contribution >= 4 is 67.6 Å². The minimum atomic E-state index is -3.82. The van der Waals surface area contributed by atoms with Crippen LogP contribution in [0.3, 0.4) is 0 Å². The summed E-state index contributed by atoms with van der Waals surface area (Å²) in [5.41, 5.74) is 1.45. The Hall–Kier alpha value is -2.39. The fourth-order valence-corrected chi connectivity index (χ4v) is 4.17. The molecule has 0 unspecified atom stereocenters. The molecule has 0 heterocycles. The van der Waals surface area contributed by atoms with Crippen LogP contribution < -0.4 is 15.4 Å². The van der Waals surface area contributed by atoms with Crippen molar-refractivity contribution in [2.45, 2.75) is 4.90 Å². The first-order valence-electron chi connectivity index (χ1n) is 8.14. The zero-order chi connectivity index (χ0) is 21.0. The topological polar surface area (TPSA) is 70.2 Å². The Morgan fingerprint density at radius 3 is 1.79 bits per heavy atom. The van der Waals surface area contributed by atoms with Crippen molar-refractivity contribution in [3.8, 4) is 0 Å². The van der Waals surface area contributed by atoms with Gasteiger partial charge in [-0.2, -0.15) is 0 Å². The number of thiocarbonyl (C=S) groups is 1. The number of rotatable bonds is 5. The summed E-state index contributed by atoms with van der Waals surface area (Å²) in [5.74, 6) is -0.347. The second kappa shape index (κ2) is 8.96. The number of nitrogens with one attached hydrogen (secondary N) is 3. The number of hydrogen-bond donors (Lipinski definition) is 3. The summed E-state index contributed by atoms with van der Waals surface area (Å²) in [6.45, 7) is 0. The Balaban J connectivity index is 1.67. The molecular formula is C19H14Cl2FN3O2S2. The predicted molar refractivity (Wildman–Crippen MR) is 120 cm³/mol. The highest BCUT2D eigenvalue weighted by atomic mass is 35.5. The zero-order valence-corrected chi connectivity index (χ0v) is 17.8. The number of hydrogen-bond acceptors (Lipinski definition) is 3. The molecule has 3 aromatic carbocycles. The van der Waals surface area contributed by atoms with Crippen LogP contribution >= 0.6 is 35.4 Å². The molecule has 150 valence electrons. The third kappa shape index (κ3) is 6.04. The van der Waals surface area contributed by atoms with Gasteiger partial charge < -0.3 is 10.6 Å². The quantitative estimate of drug-likeness (QED) is 0.415. The molecule has 0 atom stereocenters. The van der Waals surface area contributed by atoms with Gasteiger partial charge in [0.25, 0.3) is 10.0 Å². The maximum atomic E-state index is 12.9. The fraction of sp³-hybridized carbons (Fsp3) is 0. The van der Waals surface area contributed by atoms with Crippen LogP contribution in [0, 0.1) is 5.82 Å². The van der Waals surface area contributed by atoms with Gasteiger partial charge in [0, 0.05) is 21.4 Å². The van der Waals surface area contributed by atoms with Crippen molar-refractivity contribution in [2.24, 2.45) is 0 Å². The van der Waals surface area contributed by atoms with E-state index in [2.05, 4.69) is 15.4 Å². The Labute approximate surface area is 182 Å². The second-order valence-electron chi connectivity index (χ2n) is 5.87. The van der Waals surface area contributed by atoms with Crippen LogP contribution in [-0.2, 0) is 10.0 Å². The molecule has 0 aliphatic carbocycles. The Bertz CT molecular complexity index is 1120. The molecule has 3 rings (SSSR count). The van der Waals surface area contributed by atoms with Crippen molar-refractivity contribution in [3.63, 3.8) is 0 Å². The van der Waals surface area contributed by atoms with Gasteiger partial charge >= 0.3 is 0 Å². The first-order valence-corrected chi connectivity index (χ1v) is 10.8. The summed E-state index contributed by atoms with van der Waals surface area (Å²) < 4.78 is 40.4. The molecule has 10 heteroatoms. The van der Waals surface area contributed by atoms with E-state index in [1.807, 2.05) is 0 Å². The monoisotopic (exact) mass is 469 g/mol. The van der Waals surface area contributed by atoms with E-state index < -0.39 is 10.0 Å². The second-order valence-corrected chi connectivity index (χ2v) is 8.84. The molecule has 29 heavy (non-hydrogen) atoms. The lowest BCUT2D eigenvalue weighted by Gasteiger charge is -2.12. The maximum Gasteiger partial charge on any atom is 0.261 e. The highest BCUT2D eigenvalue weighted by Gasteiger charge is 2.15. The van der Waals surface area contributed by atoms with Crippen LogP contribution in [0.1, 0.15) is 0 Å². The lowest BCUT2D eigenvalue weighted by Crippen LogP contribution is -2.19. The smallest absolute Gasteiger partial charge is 0.261 e. The van der Waals surface area contributed by atoms with Crippen molar-refractivity contribution in [1.29, 1.82) is 0 Å². The molecule has 0 saturated carbocycles. The minimum Gasteiger partial charge on any atom is -0.332 e. The van der Waals surface area contributed by atoms with Gasteiger partial charge in [0.05, 0.1) is 10.6 Å². The van der Waals surface area contributed by atoms with Crippen LogP contribution in [0.15, 0.2) is 71.6 Å². The van der Waals surface area contributed by atoms with E-state index in [0.29, 0.717) is 21.4 Å². The van der Waals surface area contributed by atoms with Crippen molar-refractivity contribution < 1.29 is 12.8 Å². The molecule has 0 aliphatic rings. The third-order valence-corrected chi connectivity index (χ3v) is 5.68. The first-order chi connectivity index (χ1) is 13.7. The van der Waals surface area contributed by atoms with Crippen LogP contribution in [-0.4, -0.2) is 13.5 Å². The summed E-state index contributed by atoms with van der Waals surface area (Å²) in [5, 5.41) is 6.74. The minimum absolute atomic E-state index is 0.0524. The van der Waals surface area contributed by atoms with Gasteiger partial charge in [0.1, 0.15) is 5.82 Å². The van der Waals surface area contributed by atoms with Crippen LogP contribution in [0.2, 0.25) is 10.0 Å². The average molecular weight is 470 g/mol. The maximum absolute atomic E-state index is 12.9. The molecule has 5 nitrogen and oxygen atoms in total. The molecule has 0 fully saturated rings. The van der Waals surface area contributed by atoms with E-state index in [0.717, 1.165) is 0 Å². The summed E-state index contributed by atoms with van der Waals surface area (Å²) >= 11 is 17.0. The summed E-state index contributed by atoms with van der Waals surface area (Å²) in [6.07, 6.45) is 0. The van der Waals surface area contributed by atoms with Gasteiger partial charge in [-0.05, 0) is 78.9 Å². The van der Waals surface area contributed by atoms with Crippen LogP contribution in [0.4, 0.5) is 21.5 Å². The number of halogens is 3. The lowest BCUT2D eigenvalue weighted by atomic mass is 10.3. The van der Waals surface area contributed by atoms with E-state index in [1.165, 1.54) is 42.5 Å². The third-order valence-electron chi connectivity index (χ3n) is 3.64. The molecule has 0 saturated heterocycles. The lowest BCUT2D eigenvalue weighted by molar-refractivity contribution is 0.601. The van der Waals surface area contributed by atoms with E-state index in [9.17, 15) is 12.8 Å². The largest absolute Gasteiger partial charge is 0.332 e. The van der Waals surface area contributed by atoms with Gasteiger partial charge in [-0.3, -0.25) is 4.72 Å². The van der Waals surface area contributed by atoms with E-state index in [4.69, 9.17) is 35.4 Å². The molecule has 0 aromatic heterocycles. The Kier molecular flexibility index (Phi) is 6.59. The normalized spacial score (nSPS) is 11.0. The highest BCUT2D eigenvalue weighted by molar-refractivity contribution is 7.92. The number of sulfonamides is 1. The van der Waals surface area contributed by atoms with E-state index >= 15 is 0 Å². The zero-order valence-electron chi connectivity index (χ0n) is 14.6. The molecule has 0 radical (unpaired) electrons. The Morgan fingerprint density at radius 1 is 0.793 bits per heavy atom. The first kappa shape index (κ1) is 21.3. The molecule has 0 spiro atoms. The Morgan fingerprint density at radius 2 is 1.28 bits per heavy atom. The van der Waals surface area contributed by atoms with Crippen molar-refractivity contribution in [2.75, 3.05) is 15.4 Å². The van der Waals surface area contributed by atoms with Crippen LogP contribution in [0.5, 0.6) is 0 Å². The molecule has 0 bridgehead atoms.